The second kappa shape index (κ2) is 12.0. The van der Waals surface area contributed by atoms with Crippen LogP contribution in [0.15, 0.2) is 176 Å². The number of hydrogen-bond donors (Lipinski definition) is 0. The van der Waals surface area contributed by atoms with Gasteiger partial charge in [0.2, 0.25) is 0 Å². The Bertz CT molecular complexity index is 3020. The molecule has 1 aromatic heterocycles. The van der Waals surface area contributed by atoms with Crippen LogP contribution in [0.25, 0.3) is 99.9 Å². The first-order valence-electron chi connectivity index (χ1n) is 18.9. The molecule has 1 heterocycles. The van der Waals surface area contributed by atoms with Crippen LogP contribution in [0, 0.1) is 0 Å². The molecule has 10 aromatic rings. The van der Waals surface area contributed by atoms with Crippen molar-refractivity contribution in [1.82, 2.24) is 15.0 Å². The lowest BCUT2D eigenvalue weighted by Crippen LogP contribution is -2.15. The second-order valence-electron chi connectivity index (χ2n) is 15.2. The van der Waals surface area contributed by atoms with Gasteiger partial charge in [-0.15, -0.1) is 0 Å². The first-order valence-corrected chi connectivity index (χ1v) is 18.9. The van der Waals surface area contributed by atoms with Crippen LogP contribution < -0.4 is 0 Å². The summed E-state index contributed by atoms with van der Waals surface area (Å²) in [6.45, 7) is 4.74. The molecule has 0 bridgehead atoms. The molecule has 3 heteroatoms. The van der Waals surface area contributed by atoms with Crippen LogP contribution in [0.3, 0.4) is 0 Å². The van der Waals surface area contributed by atoms with Crippen molar-refractivity contribution < 1.29 is 0 Å². The van der Waals surface area contributed by atoms with Crippen LogP contribution in [-0.4, -0.2) is 15.0 Å². The van der Waals surface area contributed by atoms with Crippen molar-refractivity contribution in [3.63, 3.8) is 0 Å². The molecule has 258 valence electrons. The van der Waals surface area contributed by atoms with Crippen molar-refractivity contribution >= 4 is 32.3 Å². The molecule has 0 spiro atoms. The van der Waals surface area contributed by atoms with Gasteiger partial charge >= 0.3 is 0 Å². The molecule has 0 radical (unpaired) electrons. The van der Waals surface area contributed by atoms with Gasteiger partial charge in [0.25, 0.3) is 0 Å². The third-order valence-corrected chi connectivity index (χ3v) is 11.7. The van der Waals surface area contributed by atoms with E-state index in [2.05, 4.69) is 129 Å². The molecule has 0 unspecified atom stereocenters. The van der Waals surface area contributed by atoms with Crippen LogP contribution in [0.5, 0.6) is 0 Å². The van der Waals surface area contributed by atoms with Crippen molar-refractivity contribution in [2.75, 3.05) is 0 Å². The van der Waals surface area contributed by atoms with E-state index in [4.69, 9.17) is 15.0 Å². The van der Waals surface area contributed by atoms with E-state index < -0.39 is 0 Å². The van der Waals surface area contributed by atoms with Crippen molar-refractivity contribution in [1.29, 1.82) is 0 Å². The molecule has 0 fully saturated rings. The number of benzene rings is 9. The Morgan fingerprint density at radius 2 is 0.855 bits per heavy atom. The fourth-order valence-corrected chi connectivity index (χ4v) is 8.92. The van der Waals surface area contributed by atoms with E-state index >= 15 is 0 Å². The number of rotatable bonds is 5. The molecule has 9 aromatic carbocycles. The zero-order chi connectivity index (χ0) is 36.7. The summed E-state index contributed by atoms with van der Waals surface area (Å²) in [6.07, 6.45) is 0. The summed E-state index contributed by atoms with van der Waals surface area (Å²) in [4.78, 5) is 14.8. The molecule has 1 aliphatic rings. The van der Waals surface area contributed by atoms with Crippen LogP contribution in [0.4, 0.5) is 0 Å². The monoisotopic (exact) mass is 701 g/mol. The molecule has 0 aliphatic heterocycles. The van der Waals surface area contributed by atoms with E-state index in [1.165, 1.54) is 76.8 Å². The summed E-state index contributed by atoms with van der Waals surface area (Å²) >= 11 is 0. The molecule has 11 rings (SSSR count). The normalized spacial score (nSPS) is 13.1. The van der Waals surface area contributed by atoms with E-state index in [1.54, 1.807) is 0 Å². The van der Waals surface area contributed by atoms with Gasteiger partial charge < -0.3 is 0 Å². The van der Waals surface area contributed by atoms with Gasteiger partial charge in [0.05, 0.1) is 0 Å². The van der Waals surface area contributed by atoms with Crippen molar-refractivity contribution in [2.45, 2.75) is 19.3 Å². The maximum absolute atomic E-state index is 4.96. The average Bonchev–Trinajstić information content (AvgIpc) is 3.48. The second-order valence-corrected chi connectivity index (χ2v) is 15.2. The van der Waals surface area contributed by atoms with E-state index in [0.717, 1.165) is 16.7 Å². The van der Waals surface area contributed by atoms with Gasteiger partial charge in [0, 0.05) is 22.1 Å². The third kappa shape index (κ3) is 4.93. The lowest BCUT2D eigenvalue weighted by Gasteiger charge is -2.22. The lowest BCUT2D eigenvalue weighted by atomic mass is 9.81. The Morgan fingerprint density at radius 1 is 0.345 bits per heavy atom. The SMILES string of the molecule is CC1(C)c2cc(-c3ccc4ccc5cccc6ccc3c4c56)ccc2-c2c(-c3ccc(-c4nc(-c5ccccc5)nc(-c5ccccc5)n4)cc3)cccc21. The van der Waals surface area contributed by atoms with Crippen LogP contribution in [-0.2, 0) is 5.41 Å². The van der Waals surface area contributed by atoms with Gasteiger partial charge in [0.15, 0.2) is 17.5 Å². The van der Waals surface area contributed by atoms with Crippen molar-refractivity contribution in [3.8, 4) is 67.5 Å². The Balaban J connectivity index is 1.00. The Hall–Kier alpha value is -6.97. The van der Waals surface area contributed by atoms with Crippen LogP contribution >= 0.6 is 0 Å². The molecular weight excluding hydrogens is 667 g/mol. The van der Waals surface area contributed by atoms with E-state index in [-0.39, 0.29) is 5.41 Å². The van der Waals surface area contributed by atoms with Crippen LogP contribution in [0.1, 0.15) is 25.0 Å². The highest BCUT2D eigenvalue weighted by Gasteiger charge is 2.37. The minimum atomic E-state index is -0.160. The highest BCUT2D eigenvalue weighted by Crippen LogP contribution is 2.53. The summed E-state index contributed by atoms with van der Waals surface area (Å²) in [7, 11) is 0. The van der Waals surface area contributed by atoms with Gasteiger partial charge in [-0.05, 0) is 82.9 Å². The zero-order valence-electron chi connectivity index (χ0n) is 30.6. The van der Waals surface area contributed by atoms with Gasteiger partial charge in [-0.1, -0.05) is 184 Å². The fourth-order valence-electron chi connectivity index (χ4n) is 8.92. The minimum Gasteiger partial charge on any atom is -0.208 e. The molecule has 1 aliphatic carbocycles. The summed E-state index contributed by atoms with van der Waals surface area (Å²) in [5.41, 5.74) is 13.0. The largest absolute Gasteiger partial charge is 0.208 e. The molecule has 0 saturated heterocycles. The van der Waals surface area contributed by atoms with E-state index in [9.17, 15) is 0 Å². The highest BCUT2D eigenvalue weighted by molar-refractivity contribution is 6.25. The molecule has 3 nitrogen and oxygen atoms in total. The average molecular weight is 702 g/mol. The zero-order valence-corrected chi connectivity index (χ0v) is 30.6. The number of aromatic nitrogens is 3. The summed E-state index contributed by atoms with van der Waals surface area (Å²) < 4.78 is 0. The smallest absolute Gasteiger partial charge is 0.164 e. The van der Waals surface area contributed by atoms with E-state index in [0.29, 0.717) is 17.5 Å². The Kier molecular flexibility index (Phi) is 6.90. The Labute approximate surface area is 320 Å². The van der Waals surface area contributed by atoms with Crippen molar-refractivity contribution in [2.24, 2.45) is 0 Å². The number of fused-ring (bicyclic) bond motifs is 3. The Morgan fingerprint density at radius 3 is 1.51 bits per heavy atom. The van der Waals surface area contributed by atoms with E-state index in [1.807, 2.05) is 60.7 Å². The summed E-state index contributed by atoms with van der Waals surface area (Å²) in [5, 5.41) is 7.89. The molecule has 0 amide bonds. The standard InChI is InChI=1S/C52H35N3/c1-52(2)44-18-10-17-41(32-19-23-38(24-20-32)51-54-49(36-11-5-3-6-12-36)53-50(55-51)37-13-7-4-8-14-37)48(44)43-30-27-39(31-45(43)52)40-28-25-35-22-21-33-15-9-16-34-26-29-42(40)47(35)46(33)34/h3-31H,1-2H3. The van der Waals surface area contributed by atoms with Gasteiger partial charge in [-0.3, -0.25) is 0 Å². The lowest BCUT2D eigenvalue weighted by molar-refractivity contribution is 0.661. The molecule has 0 N–H and O–H groups in total. The van der Waals surface area contributed by atoms with Crippen molar-refractivity contribution in [3.05, 3.63) is 187 Å². The molecule has 0 saturated carbocycles. The van der Waals surface area contributed by atoms with Gasteiger partial charge in [-0.2, -0.15) is 0 Å². The predicted molar refractivity (Wildman–Crippen MR) is 228 cm³/mol. The fraction of sp³-hybridized carbons (Fsp3) is 0.0577. The first kappa shape index (κ1) is 31.5. The molecule has 55 heavy (non-hydrogen) atoms. The minimum absolute atomic E-state index is 0.160. The quantitative estimate of drug-likeness (QED) is 0.168. The van der Waals surface area contributed by atoms with Gasteiger partial charge in [-0.25, -0.2) is 15.0 Å². The topological polar surface area (TPSA) is 38.7 Å². The maximum atomic E-state index is 4.96. The number of hydrogen-bond acceptors (Lipinski definition) is 3. The highest BCUT2D eigenvalue weighted by atomic mass is 15.0. The predicted octanol–water partition coefficient (Wildman–Crippen LogP) is 13.4. The van der Waals surface area contributed by atoms with Gasteiger partial charge in [0.1, 0.15) is 0 Å². The molecular formula is C52H35N3. The van der Waals surface area contributed by atoms with Crippen LogP contribution in [0.2, 0.25) is 0 Å². The summed E-state index contributed by atoms with van der Waals surface area (Å²) in [5.74, 6) is 1.98. The first-order chi connectivity index (χ1) is 27.0. The third-order valence-electron chi connectivity index (χ3n) is 11.7. The maximum Gasteiger partial charge on any atom is 0.164 e. The number of nitrogens with zero attached hydrogens (tertiary/aromatic N) is 3. The molecule has 0 atom stereocenters. The summed E-state index contributed by atoms with van der Waals surface area (Å²) in [6, 6.07) is 63.2.